The van der Waals surface area contributed by atoms with Gasteiger partial charge in [0.15, 0.2) is 0 Å². The Morgan fingerprint density at radius 1 is 0.632 bits per heavy atom. The molecule has 10 nitrogen and oxygen atoms in total. The second kappa shape index (κ2) is 10.7. The molecule has 0 aliphatic carbocycles. The highest BCUT2D eigenvalue weighted by atomic mass is 16.3. The number of amides is 4. The van der Waals surface area contributed by atoms with Gasteiger partial charge in [-0.05, 0) is 61.1 Å². The van der Waals surface area contributed by atoms with E-state index in [1.165, 1.54) is 24.3 Å². The maximum Gasteiger partial charge on any atom is 0.246 e. The predicted molar refractivity (Wildman–Crippen MR) is 137 cm³/mol. The average Bonchev–Trinajstić information content (AvgIpc) is 3.59. The third kappa shape index (κ3) is 5.29. The maximum absolute atomic E-state index is 13.8. The lowest BCUT2D eigenvalue weighted by molar-refractivity contribution is -0.149. The smallest absolute Gasteiger partial charge is 0.246 e. The number of fused-ring (bicyclic) bond motifs is 2. The van der Waals surface area contributed by atoms with Gasteiger partial charge in [-0.2, -0.15) is 0 Å². The molecule has 0 spiro atoms. The van der Waals surface area contributed by atoms with Crippen LogP contribution in [0.2, 0.25) is 0 Å². The Morgan fingerprint density at radius 2 is 1.11 bits per heavy atom. The molecule has 200 valence electrons. The van der Waals surface area contributed by atoms with Gasteiger partial charge in [0.25, 0.3) is 0 Å². The van der Waals surface area contributed by atoms with Gasteiger partial charge in [0.2, 0.25) is 23.6 Å². The van der Waals surface area contributed by atoms with Gasteiger partial charge >= 0.3 is 0 Å². The third-order valence-corrected chi connectivity index (χ3v) is 7.66. The molecular formula is C28H32N4O6. The molecule has 4 N–H and O–H groups in total. The summed E-state index contributed by atoms with van der Waals surface area (Å²) in [6.07, 6.45) is 2.65. The fraction of sp³-hybridized carbons (Fsp3) is 0.429. The number of rotatable bonds is 4. The Balaban J connectivity index is 1.49. The second-order valence-corrected chi connectivity index (χ2v) is 10.2. The molecule has 0 aromatic heterocycles. The topological polar surface area (TPSA) is 139 Å². The van der Waals surface area contributed by atoms with Crippen LogP contribution in [0.5, 0.6) is 11.5 Å². The number of hydrogen-bond donors (Lipinski definition) is 4. The van der Waals surface area contributed by atoms with Crippen molar-refractivity contribution in [1.82, 2.24) is 20.4 Å². The van der Waals surface area contributed by atoms with E-state index in [2.05, 4.69) is 10.6 Å². The van der Waals surface area contributed by atoms with Crippen molar-refractivity contribution in [1.29, 1.82) is 0 Å². The SMILES string of the molecule is O=C1NC(Cc2ccc(O)cc2)C(=O)N2CCCC2C(=O)N2CCC[C@@H]2C(=O)NC1Cc1ccc(O)cc1. The van der Waals surface area contributed by atoms with Gasteiger partial charge in [-0.3, -0.25) is 19.2 Å². The number of carbonyl (C=O) groups excluding carboxylic acids is 4. The van der Waals surface area contributed by atoms with Gasteiger partial charge in [0, 0.05) is 25.9 Å². The molecule has 5 rings (SSSR count). The molecule has 2 aromatic rings. The van der Waals surface area contributed by atoms with Crippen molar-refractivity contribution in [2.45, 2.75) is 62.7 Å². The van der Waals surface area contributed by atoms with Crippen LogP contribution in [0.15, 0.2) is 48.5 Å². The highest BCUT2D eigenvalue weighted by Gasteiger charge is 2.45. The largest absolute Gasteiger partial charge is 0.508 e. The number of benzene rings is 2. The first kappa shape index (κ1) is 25.6. The van der Waals surface area contributed by atoms with Crippen LogP contribution in [-0.2, 0) is 32.0 Å². The molecule has 3 aliphatic heterocycles. The fourth-order valence-electron chi connectivity index (χ4n) is 5.67. The Bertz CT molecular complexity index is 1210. The van der Waals surface area contributed by atoms with Gasteiger partial charge in [-0.15, -0.1) is 0 Å². The summed E-state index contributed by atoms with van der Waals surface area (Å²) in [5.74, 6) is -1.28. The van der Waals surface area contributed by atoms with Gasteiger partial charge in [-0.1, -0.05) is 24.3 Å². The van der Waals surface area contributed by atoms with Crippen molar-refractivity contribution in [3.05, 3.63) is 59.7 Å². The molecule has 3 heterocycles. The van der Waals surface area contributed by atoms with Crippen molar-refractivity contribution in [3.8, 4) is 11.5 Å². The number of phenolic OH excluding ortho intramolecular Hbond substituents is 2. The summed E-state index contributed by atoms with van der Waals surface area (Å²) < 4.78 is 0. The minimum atomic E-state index is -0.992. The van der Waals surface area contributed by atoms with Crippen LogP contribution in [-0.4, -0.2) is 80.9 Å². The number of nitrogens with one attached hydrogen (secondary N) is 2. The van der Waals surface area contributed by atoms with E-state index >= 15 is 0 Å². The first-order valence-corrected chi connectivity index (χ1v) is 13.1. The normalized spacial score (nSPS) is 26.2. The zero-order chi connectivity index (χ0) is 26.8. The lowest BCUT2D eigenvalue weighted by atomic mass is 10.0. The summed E-state index contributed by atoms with van der Waals surface area (Å²) >= 11 is 0. The Hall–Kier alpha value is -4.08. The van der Waals surface area contributed by atoms with Crippen LogP contribution in [0.1, 0.15) is 36.8 Å². The molecule has 0 radical (unpaired) electrons. The second-order valence-electron chi connectivity index (χ2n) is 10.2. The zero-order valence-electron chi connectivity index (χ0n) is 21.0. The minimum absolute atomic E-state index is 0.0840. The molecule has 10 heteroatoms. The standard InChI is InChI=1S/C28H32N4O6/c33-19-9-5-17(6-10-19)15-21-25(35)30-22(16-18-7-11-20(34)12-8-18)27(37)32-14-2-4-24(32)28(38)31-13-1-3-23(31)26(36)29-21/h5-12,21-24,33-34H,1-4,13-16H2,(H,29,36)(H,30,35)/t21?,22?,23-,24?/m1/s1. The number of phenols is 2. The molecule has 2 aromatic carbocycles. The summed E-state index contributed by atoms with van der Waals surface area (Å²) in [4.78, 5) is 57.6. The molecule has 38 heavy (non-hydrogen) atoms. The lowest BCUT2D eigenvalue weighted by Gasteiger charge is -2.35. The molecule has 3 unspecified atom stereocenters. The molecule has 0 bridgehead atoms. The van der Waals surface area contributed by atoms with Crippen LogP contribution in [0.3, 0.4) is 0 Å². The van der Waals surface area contributed by atoms with E-state index in [-0.39, 0.29) is 42.1 Å². The van der Waals surface area contributed by atoms with Gasteiger partial charge < -0.3 is 30.6 Å². The Kier molecular flexibility index (Phi) is 7.22. The van der Waals surface area contributed by atoms with Gasteiger partial charge in [0.05, 0.1) is 0 Å². The van der Waals surface area contributed by atoms with Crippen molar-refractivity contribution in [2.75, 3.05) is 13.1 Å². The first-order chi connectivity index (χ1) is 18.3. The summed E-state index contributed by atoms with van der Waals surface area (Å²) in [7, 11) is 0. The highest BCUT2D eigenvalue weighted by molar-refractivity contribution is 5.98. The molecule has 0 saturated carbocycles. The average molecular weight is 521 g/mol. The van der Waals surface area contributed by atoms with Crippen LogP contribution in [0.4, 0.5) is 0 Å². The van der Waals surface area contributed by atoms with E-state index in [4.69, 9.17) is 0 Å². The molecule has 3 aliphatic rings. The summed E-state index contributed by atoms with van der Waals surface area (Å²) in [6, 6.07) is 9.44. The monoisotopic (exact) mass is 520 g/mol. The molecule has 4 amide bonds. The maximum atomic E-state index is 13.8. The predicted octanol–water partition coefficient (Wildman–Crippen LogP) is 0.848. The lowest BCUT2D eigenvalue weighted by Crippen LogP contribution is -2.61. The number of hydrogen-bond acceptors (Lipinski definition) is 6. The van der Waals surface area contributed by atoms with Crippen molar-refractivity contribution in [2.24, 2.45) is 0 Å². The first-order valence-electron chi connectivity index (χ1n) is 13.1. The van der Waals surface area contributed by atoms with E-state index in [1.807, 2.05) is 0 Å². The van der Waals surface area contributed by atoms with E-state index < -0.39 is 30.1 Å². The summed E-state index contributed by atoms with van der Waals surface area (Å²) in [5, 5.41) is 25.0. The van der Waals surface area contributed by atoms with Crippen molar-refractivity contribution in [3.63, 3.8) is 0 Å². The van der Waals surface area contributed by atoms with Gasteiger partial charge in [0.1, 0.15) is 35.7 Å². The van der Waals surface area contributed by atoms with E-state index in [1.54, 1.807) is 34.1 Å². The van der Waals surface area contributed by atoms with Crippen LogP contribution < -0.4 is 10.6 Å². The van der Waals surface area contributed by atoms with E-state index in [9.17, 15) is 29.4 Å². The third-order valence-electron chi connectivity index (χ3n) is 7.66. The van der Waals surface area contributed by atoms with Crippen LogP contribution in [0.25, 0.3) is 0 Å². The Labute approximate surface area is 220 Å². The summed E-state index contributed by atoms with van der Waals surface area (Å²) in [5.41, 5.74) is 1.45. The summed E-state index contributed by atoms with van der Waals surface area (Å²) in [6.45, 7) is 0.833. The molecule has 4 atom stereocenters. The quantitative estimate of drug-likeness (QED) is 0.471. The molecule has 3 saturated heterocycles. The number of carbonyl (C=O) groups is 4. The number of aromatic hydroxyl groups is 2. The fourth-order valence-corrected chi connectivity index (χ4v) is 5.67. The van der Waals surface area contributed by atoms with Crippen LogP contribution in [0, 0.1) is 0 Å². The minimum Gasteiger partial charge on any atom is -0.508 e. The van der Waals surface area contributed by atoms with Crippen LogP contribution >= 0.6 is 0 Å². The van der Waals surface area contributed by atoms with E-state index in [0.717, 1.165) is 11.1 Å². The van der Waals surface area contributed by atoms with Crippen molar-refractivity contribution >= 4 is 23.6 Å². The Morgan fingerprint density at radius 3 is 1.68 bits per heavy atom. The molecule has 3 fully saturated rings. The highest BCUT2D eigenvalue weighted by Crippen LogP contribution is 2.27. The number of nitrogens with zero attached hydrogens (tertiary/aromatic N) is 2. The van der Waals surface area contributed by atoms with Crippen molar-refractivity contribution < 1.29 is 29.4 Å². The zero-order valence-corrected chi connectivity index (χ0v) is 21.0. The van der Waals surface area contributed by atoms with E-state index in [0.29, 0.717) is 38.8 Å². The van der Waals surface area contributed by atoms with Gasteiger partial charge in [-0.25, -0.2) is 0 Å². The molecular weight excluding hydrogens is 488 g/mol.